The first-order chi connectivity index (χ1) is 20.4. The zero-order chi connectivity index (χ0) is 29.4. The monoisotopic (exact) mass is 561 g/mol. The van der Waals surface area contributed by atoms with Crippen molar-refractivity contribution in [3.05, 3.63) is 163 Å². The Morgan fingerprint density at radius 2 is 0.690 bits per heavy atom. The lowest BCUT2D eigenvalue weighted by Gasteiger charge is -2.18. The molecule has 0 bridgehead atoms. The second kappa shape index (κ2) is 13.1. The van der Waals surface area contributed by atoms with Crippen molar-refractivity contribution < 1.29 is 21.8 Å². The summed E-state index contributed by atoms with van der Waals surface area (Å²) >= 11 is 0. The average Bonchev–Trinajstić information content (AvgIpc) is 3.02. The van der Waals surface area contributed by atoms with Gasteiger partial charge in [0.05, 0.1) is 11.1 Å². The summed E-state index contributed by atoms with van der Waals surface area (Å²) in [6.07, 6.45) is 0. The Hall–Kier alpha value is -4.97. The molecule has 0 N–H and O–H groups in total. The van der Waals surface area contributed by atoms with E-state index in [4.69, 9.17) is 0 Å². The highest BCUT2D eigenvalue weighted by Gasteiger charge is 2.29. The van der Waals surface area contributed by atoms with Crippen molar-refractivity contribution >= 4 is 7.25 Å². The summed E-state index contributed by atoms with van der Waals surface area (Å²) in [6, 6.07) is 56.2. The first-order valence-corrected chi connectivity index (χ1v) is 13.6. The van der Waals surface area contributed by atoms with Gasteiger partial charge in [-0.15, -0.1) is 0 Å². The van der Waals surface area contributed by atoms with Crippen LogP contribution in [0.15, 0.2) is 158 Å². The Morgan fingerprint density at radius 1 is 0.405 bits per heavy atom. The van der Waals surface area contributed by atoms with E-state index in [0.29, 0.717) is 0 Å². The number of nitrogens with zero attached hydrogens (tertiary/aromatic N) is 1. The molecule has 1 heterocycles. The lowest BCUT2D eigenvalue weighted by Crippen LogP contribution is -2.40. The van der Waals surface area contributed by atoms with Crippen LogP contribution < -0.4 is 4.57 Å². The molecule has 0 aliphatic rings. The van der Waals surface area contributed by atoms with E-state index in [2.05, 4.69) is 162 Å². The van der Waals surface area contributed by atoms with E-state index in [-0.39, 0.29) is 0 Å². The van der Waals surface area contributed by atoms with Gasteiger partial charge in [-0.1, -0.05) is 127 Å². The largest absolute Gasteiger partial charge is 0.673 e. The molecule has 208 valence electrons. The number of pyridine rings is 1. The summed E-state index contributed by atoms with van der Waals surface area (Å²) < 4.78 is 41.5. The lowest BCUT2D eigenvalue weighted by molar-refractivity contribution is -0.665. The van der Waals surface area contributed by atoms with Crippen LogP contribution in [0, 0.1) is 0 Å². The van der Waals surface area contributed by atoms with E-state index in [1.807, 2.05) is 0 Å². The van der Waals surface area contributed by atoms with Crippen LogP contribution in [0.5, 0.6) is 0 Å². The molecule has 1 nitrogen and oxygen atoms in total. The van der Waals surface area contributed by atoms with Crippen molar-refractivity contribution in [1.82, 2.24) is 0 Å². The topological polar surface area (TPSA) is 3.88 Å². The zero-order valence-electron chi connectivity index (χ0n) is 22.8. The third-order valence-corrected chi connectivity index (χ3v) is 6.79. The highest BCUT2D eigenvalue weighted by atomic mass is 19.5. The van der Waals surface area contributed by atoms with Crippen LogP contribution in [0.25, 0.3) is 44.8 Å². The number of rotatable bonds is 6. The van der Waals surface area contributed by atoms with E-state index >= 15 is 0 Å². The molecule has 0 saturated carbocycles. The Labute approximate surface area is 243 Å². The first kappa shape index (κ1) is 28.6. The zero-order valence-corrected chi connectivity index (χ0v) is 22.8. The normalized spacial score (nSPS) is 11.0. The molecular formula is C36H28BF4N. The van der Waals surface area contributed by atoms with Gasteiger partial charge < -0.3 is 17.3 Å². The van der Waals surface area contributed by atoms with Crippen molar-refractivity contribution in [3.63, 3.8) is 0 Å². The van der Waals surface area contributed by atoms with Crippen molar-refractivity contribution in [2.45, 2.75) is 6.54 Å². The van der Waals surface area contributed by atoms with Gasteiger partial charge in [-0.3, -0.25) is 0 Å². The molecule has 6 heteroatoms. The molecule has 0 saturated heterocycles. The van der Waals surface area contributed by atoms with Crippen LogP contribution in [-0.2, 0) is 6.54 Å². The molecule has 42 heavy (non-hydrogen) atoms. The van der Waals surface area contributed by atoms with E-state index in [0.717, 1.165) is 6.54 Å². The van der Waals surface area contributed by atoms with Gasteiger partial charge in [0.25, 0.3) is 0 Å². The highest BCUT2D eigenvalue weighted by Crippen LogP contribution is 2.38. The Bertz CT molecular complexity index is 1600. The Balaban J connectivity index is 0.000000652. The van der Waals surface area contributed by atoms with Crippen molar-refractivity contribution in [2.24, 2.45) is 0 Å². The molecule has 0 aliphatic carbocycles. The fraction of sp³-hybridized carbons (Fsp3) is 0.0278. The van der Waals surface area contributed by atoms with E-state index in [9.17, 15) is 17.3 Å². The molecule has 0 fully saturated rings. The van der Waals surface area contributed by atoms with E-state index < -0.39 is 7.25 Å². The van der Waals surface area contributed by atoms with Gasteiger partial charge in [-0.05, 0) is 41.5 Å². The summed E-state index contributed by atoms with van der Waals surface area (Å²) in [5.74, 6) is 0. The van der Waals surface area contributed by atoms with Crippen LogP contribution in [-0.4, -0.2) is 7.25 Å². The maximum atomic E-state index is 9.75. The third kappa shape index (κ3) is 7.21. The molecule has 1 aromatic heterocycles. The second-order valence-corrected chi connectivity index (χ2v) is 9.70. The van der Waals surface area contributed by atoms with Crippen LogP contribution >= 0.6 is 0 Å². The van der Waals surface area contributed by atoms with Gasteiger partial charge in [0.1, 0.15) is 0 Å². The SMILES string of the molecule is F[B-](F)(F)F.c1ccc(C[n+]2c(-c3ccccc3)c(-c3ccccc3)cc(-c3ccccc3)c2-c2ccccc2)cc1. The highest BCUT2D eigenvalue weighted by molar-refractivity contribution is 6.50. The fourth-order valence-corrected chi connectivity index (χ4v) is 5.10. The number of hydrogen-bond donors (Lipinski definition) is 0. The average molecular weight is 561 g/mol. The van der Waals surface area contributed by atoms with Crippen LogP contribution in [0.3, 0.4) is 0 Å². The quantitative estimate of drug-likeness (QED) is 0.108. The molecule has 0 unspecified atom stereocenters. The fourth-order valence-electron chi connectivity index (χ4n) is 5.10. The predicted molar refractivity (Wildman–Crippen MR) is 164 cm³/mol. The van der Waals surface area contributed by atoms with Gasteiger partial charge in [0.15, 0.2) is 6.54 Å². The molecule has 6 aromatic rings. The molecule has 0 atom stereocenters. The van der Waals surface area contributed by atoms with Gasteiger partial charge in [0, 0.05) is 16.7 Å². The molecule has 0 aliphatic heterocycles. The number of hydrogen-bond acceptors (Lipinski definition) is 0. The Kier molecular flexibility index (Phi) is 8.93. The van der Waals surface area contributed by atoms with Crippen LogP contribution in [0.1, 0.15) is 5.56 Å². The number of benzene rings is 5. The minimum Gasteiger partial charge on any atom is -0.418 e. The number of halogens is 4. The minimum atomic E-state index is -6.00. The van der Waals surface area contributed by atoms with Crippen LogP contribution in [0.2, 0.25) is 0 Å². The maximum absolute atomic E-state index is 9.75. The van der Waals surface area contributed by atoms with Crippen molar-refractivity contribution in [2.75, 3.05) is 0 Å². The first-order valence-electron chi connectivity index (χ1n) is 13.6. The van der Waals surface area contributed by atoms with Gasteiger partial charge >= 0.3 is 7.25 Å². The summed E-state index contributed by atoms with van der Waals surface area (Å²) in [6.45, 7) is 0.760. The van der Waals surface area contributed by atoms with E-state index in [1.54, 1.807) is 0 Å². The summed E-state index contributed by atoms with van der Waals surface area (Å²) in [7, 11) is -6.00. The van der Waals surface area contributed by atoms with E-state index in [1.165, 1.54) is 50.3 Å². The molecule has 6 rings (SSSR count). The standard InChI is InChI=1S/C36H28N.BF4/c1-6-16-28(17-7-1)27-37-35(31-22-12-4-13-23-31)33(29-18-8-2-9-19-29)26-34(30-20-10-3-11-21-30)36(37)32-24-14-5-15-25-32;2-1(3,4)5/h1-26H,27H2;/q+1;-1. The molecule has 0 spiro atoms. The Morgan fingerprint density at radius 3 is 1.02 bits per heavy atom. The lowest BCUT2D eigenvalue weighted by atomic mass is 9.90. The van der Waals surface area contributed by atoms with Crippen molar-refractivity contribution in [1.29, 1.82) is 0 Å². The van der Waals surface area contributed by atoms with Crippen LogP contribution in [0.4, 0.5) is 17.3 Å². The summed E-state index contributed by atoms with van der Waals surface area (Å²) in [5, 5.41) is 0. The maximum Gasteiger partial charge on any atom is 0.673 e. The summed E-state index contributed by atoms with van der Waals surface area (Å²) in [5.41, 5.74) is 11.0. The number of aromatic nitrogens is 1. The van der Waals surface area contributed by atoms with Crippen molar-refractivity contribution in [3.8, 4) is 44.8 Å². The molecule has 0 amide bonds. The summed E-state index contributed by atoms with van der Waals surface area (Å²) in [4.78, 5) is 0. The third-order valence-electron chi connectivity index (χ3n) is 6.79. The second-order valence-electron chi connectivity index (χ2n) is 9.70. The van der Waals surface area contributed by atoms with Gasteiger partial charge in [-0.25, -0.2) is 0 Å². The molecule has 0 radical (unpaired) electrons. The van der Waals surface area contributed by atoms with Gasteiger partial charge in [0.2, 0.25) is 11.4 Å². The molecule has 5 aromatic carbocycles. The minimum absolute atomic E-state index is 0.760. The molecular weight excluding hydrogens is 533 g/mol. The predicted octanol–water partition coefficient (Wildman–Crippen LogP) is 9.99. The van der Waals surface area contributed by atoms with Gasteiger partial charge in [-0.2, -0.15) is 4.57 Å². The smallest absolute Gasteiger partial charge is 0.418 e.